The van der Waals surface area contributed by atoms with Gasteiger partial charge in [0.15, 0.2) is 5.82 Å². The largest absolute Gasteiger partial charge is 0.477 e. The molecular formula is C9H7N3O4. The third kappa shape index (κ3) is 1.29. The lowest BCUT2D eigenvalue weighted by Gasteiger charge is -2.14. The summed E-state index contributed by atoms with van der Waals surface area (Å²) in [5, 5.41) is 12.6. The highest BCUT2D eigenvalue weighted by Gasteiger charge is 2.31. The lowest BCUT2D eigenvalue weighted by molar-refractivity contribution is -0.120. The van der Waals surface area contributed by atoms with Gasteiger partial charge in [0.25, 0.3) is 11.8 Å². The molecule has 1 aromatic heterocycles. The zero-order valence-electron chi connectivity index (χ0n) is 8.25. The van der Waals surface area contributed by atoms with Crippen LogP contribution in [0.4, 0.5) is 5.82 Å². The number of aryl methyl sites for hydroxylation is 1. The Morgan fingerprint density at radius 1 is 1.31 bits per heavy atom. The van der Waals surface area contributed by atoms with Gasteiger partial charge in [-0.25, -0.2) is 9.69 Å². The van der Waals surface area contributed by atoms with Gasteiger partial charge < -0.3 is 5.11 Å². The molecule has 2 rings (SSSR count). The first kappa shape index (κ1) is 10.1. The molecule has 0 saturated heterocycles. The second kappa shape index (κ2) is 3.30. The summed E-state index contributed by atoms with van der Waals surface area (Å²) in [6.45, 7) is 0. The van der Waals surface area contributed by atoms with Gasteiger partial charge in [-0.1, -0.05) is 0 Å². The number of imide groups is 1. The van der Waals surface area contributed by atoms with E-state index in [9.17, 15) is 14.4 Å². The number of carboxylic acids is 1. The molecule has 2 amide bonds. The maximum Gasteiger partial charge on any atom is 0.341 e. The van der Waals surface area contributed by atoms with E-state index in [4.69, 9.17) is 5.11 Å². The van der Waals surface area contributed by atoms with Crippen LogP contribution >= 0.6 is 0 Å². The van der Waals surface area contributed by atoms with E-state index in [2.05, 4.69) is 5.10 Å². The zero-order valence-corrected chi connectivity index (χ0v) is 8.25. The van der Waals surface area contributed by atoms with Gasteiger partial charge in [0.2, 0.25) is 0 Å². The minimum absolute atomic E-state index is 0.0347. The van der Waals surface area contributed by atoms with Crippen molar-refractivity contribution in [2.45, 2.75) is 0 Å². The number of rotatable bonds is 2. The van der Waals surface area contributed by atoms with E-state index in [1.54, 1.807) is 0 Å². The first-order chi connectivity index (χ1) is 7.52. The molecule has 7 nitrogen and oxygen atoms in total. The van der Waals surface area contributed by atoms with Crippen LogP contribution in [-0.4, -0.2) is 32.7 Å². The van der Waals surface area contributed by atoms with Crippen LogP contribution in [0.25, 0.3) is 0 Å². The van der Waals surface area contributed by atoms with Crippen LogP contribution in [0, 0.1) is 0 Å². The third-order valence-corrected chi connectivity index (χ3v) is 2.16. The number of aromatic carboxylic acids is 1. The van der Waals surface area contributed by atoms with E-state index in [-0.39, 0.29) is 11.4 Å². The second-order valence-electron chi connectivity index (χ2n) is 3.16. The van der Waals surface area contributed by atoms with Crippen LogP contribution in [0.1, 0.15) is 10.4 Å². The predicted molar refractivity (Wildman–Crippen MR) is 51.8 cm³/mol. The van der Waals surface area contributed by atoms with E-state index < -0.39 is 17.8 Å². The lowest BCUT2D eigenvalue weighted by Crippen LogP contribution is -2.32. The fourth-order valence-electron chi connectivity index (χ4n) is 1.46. The van der Waals surface area contributed by atoms with E-state index in [0.717, 1.165) is 23.2 Å². The summed E-state index contributed by atoms with van der Waals surface area (Å²) in [5.74, 6) is -2.42. The summed E-state index contributed by atoms with van der Waals surface area (Å²) in [5.41, 5.74) is -0.187. The number of amides is 2. The van der Waals surface area contributed by atoms with Crippen molar-refractivity contribution in [3.05, 3.63) is 23.9 Å². The summed E-state index contributed by atoms with van der Waals surface area (Å²) in [4.78, 5) is 34.4. The highest BCUT2D eigenvalue weighted by molar-refractivity contribution is 6.28. The van der Waals surface area contributed by atoms with Gasteiger partial charge in [0.05, 0.1) is 6.20 Å². The molecule has 0 spiro atoms. The van der Waals surface area contributed by atoms with Gasteiger partial charge >= 0.3 is 5.97 Å². The maximum absolute atomic E-state index is 11.4. The van der Waals surface area contributed by atoms with Gasteiger partial charge in [0.1, 0.15) is 5.56 Å². The van der Waals surface area contributed by atoms with Crippen molar-refractivity contribution in [2.24, 2.45) is 7.05 Å². The second-order valence-corrected chi connectivity index (χ2v) is 3.16. The number of carbonyl (C=O) groups excluding carboxylic acids is 2. The molecule has 1 N–H and O–H groups in total. The monoisotopic (exact) mass is 221 g/mol. The summed E-state index contributed by atoms with van der Waals surface area (Å²) in [7, 11) is 1.46. The third-order valence-electron chi connectivity index (χ3n) is 2.16. The number of nitrogens with zero attached hydrogens (tertiary/aromatic N) is 3. The van der Waals surface area contributed by atoms with Crippen molar-refractivity contribution in [3.63, 3.8) is 0 Å². The van der Waals surface area contributed by atoms with Gasteiger partial charge in [-0.2, -0.15) is 5.10 Å². The Morgan fingerprint density at radius 3 is 2.38 bits per heavy atom. The molecule has 0 saturated carbocycles. The van der Waals surface area contributed by atoms with Crippen molar-refractivity contribution in [1.29, 1.82) is 0 Å². The lowest BCUT2D eigenvalue weighted by atomic mass is 10.3. The molecule has 1 aliphatic heterocycles. The highest BCUT2D eigenvalue weighted by atomic mass is 16.4. The van der Waals surface area contributed by atoms with Crippen LogP contribution in [0.5, 0.6) is 0 Å². The summed E-state index contributed by atoms with van der Waals surface area (Å²) >= 11 is 0. The smallest absolute Gasteiger partial charge is 0.341 e. The molecule has 7 heteroatoms. The normalized spacial score (nSPS) is 14.9. The van der Waals surface area contributed by atoms with Crippen LogP contribution in [0.3, 0.4) is 0 Å². The Balaban J connectivity index is 2.56. The average Bonchev–Trinajstić information content (AvgIpc) is 2.71. The van der Waals surface area contributed by atoms with E-state index in [0.29, 0.717) is 0 Å². The fraction of sp³-hybridized carbons (Fsp3) is 0.111. The van der Waals surface area contributed by atoms with Crippen LogP contribution in [0.2, 0.25) is 0 Å². The molecule has 0 aliphatic carbocycles. The quantitative estimate of drug-likeness (QED) is 0.682. The Morgan fingerprint density at radius 2 is 1.88 bits per heavy atom. The molecule has 0 radical (unpaired) electrons. The molecule has 2 heterocycles. The van der Waals surface area contributed by atoms with E-state index >= 15 is 0 Å². The van der Waals surface area contributed by atoms with E-state index in [1.807, 2.05) is 0 Å². The summed E-state index contributed by atoms with van der Waals surface area (Å²) in [6.07, 6.45) is 3.26. The van der Waals surface area contributed by atoms with Crippen LogP contribution < -0.4 is 4.90 Å². The first-order valence-corrected chi connectivity index (χ1v) is 4.34. The van der Waals surface area contributed by atoms with Crippen molar-refractivity contribution in [3.8, 4) is 0 Å². The van der Waals surface area contributed by atoms with Gasteiger partial charge in [-0.05, 0) is 0 Å². The first-order valence-electron chi connectivity index (χ1n) is 4.34. The van der Waals surface area contributed by atoms with Crippen LogP contribution in [0.15, 0.2) is 18.3 Å². The van der Waals surface area contributed by atoms with E-state index in [1.165, 1.54) is 11.7 Å². The molecule has 82 valence electrons. The number of carbonyl (C=O) groups is 3. The Labute approximate surface area is 89.6 Å². The number of aromatic nitrogens is 2. The molecule has 0 bridgehead atoms. The molecule has 0 atom stereocenters. The van der Waals surface area contributed by atoms with Crippen molar-refractivity contribution >= 4 is 23.6 Å². The Hall–Kier alpha value is -2.44. The average molecular weight is 221 g/mol. The SMILES string of the molecule is Cn1ncc(C(=O)O)c1N1C(=O)C=CC1=O. The fourth-order valence-corrected chi connectivity index (χ4v) is 1.46. The number of hydrogen-bond acceptors (Lipinski definition) is 4. The topological polar surface area (TPSA) is 92.5 Å². The zero-order chi connectivity index (χ0) is 11.9. The Kier molecular flexibility index (Phi) is 2.08. The van der Waals surface area contributed by atoms with Crippen molar-refractivity contribution in [2.75, 3.05) is 4.90 Å². The van der Waals surface area contributed by atoms with Gasteiger partial charge in [0, 0.05) is 19.2 Å². The van der Waals surface area contributed by atoms with Crippen molar-refractivity contribution < 1.29 is 19.5 Å². The summed E-state index contributed by atoms with van der Waals surface area (Å²) < 4.78 is 1.17. The molecule has 16 heavy (non-hydrogen) atoms. The highest BCUT2D eigenvalue weighted by Crippen LogP contribution is 2.22. The predicted octanol–water partition coefficient (Wildman–Crippen LogP) is -0.452. The van der Waals surface area contributed by atoms with Gasteiger partial charge in [-0.3, -0.25) is 14.3 Å². The minimum Gasteiger partial charge on any atom is -0.477 e. The van der Waals surface area contributed by atoms with Crippen LogP contribution in [-0.2, 0) is 16.6 Å². The maximum atomic E-state index is 11.4. The number of anilines is 1. The molecule has 1 aliphatic rings. The standard InChI is InChI=1S/C9H7N3O4/c1-11-8(5(4-10-11)9(15)16)12-6(13)2-3-7(12)14/h2-4H,1H3,(H,15,16). The van der Waals surface area contributed by atoms with Gasteiger partial charge in [-0.15, -0.1) is 0 Å². The van der Waals surface area contributed by atoms with Crippen molar-refractivity contribution in [1.82, 2.24) is 9.78 Å². The molecule has 0 fully saturated rings. The molecular weight excluding hydrogens is 214 g/mol. The molecule has 0 unspecified atom stereocenters. The number of carboxylic acid groups (broad SMARTS) is 1. The Bertz CT molecular complexity index is 511. The molecule has 0 aromatic carbocycles. The number of hydrogen-bond donors (Lipinski definition) is 1. The summed E-state index contributed by atoms with van der Waals surface area (Å²) in [6, 6.07) is 0. The minimum atomic E-state index is -1.24. The molecule has 1 aromatic rings.